The molecule has 1 aliphatic heterocycles. The van der Waals surface area contributed by atoms with Gasteiger partial charge >= 0.3 is 0 Å². The molecule has 0 spiro atoms. The lowest BCUT2D eigenvalue weighted by atomic mass is 10.1. The van der Waals surface area contributed by atoms with E-state index in [2.05, 4.69) is 9.80 Å². The van der Waals surface area contributed by atoms with Crippen molar-refractivity contribution in [2.45, 2.75) is 12.2 Å². The molecule has 4 nitrogen and oxygen atoms in total. The lowest BCUT2D eigenvalue weighted by molar-refractivity contribution is 0.0474. The van der Waals surface area contributed by atoms with Crippen molar-refractivity contribution in [3.63, 3.8) is 0 Å². The Morgan fingerprint density at radius 2 is 1.28 bits per heavy atom. The number of β-amino-alcohol motifs (C(OH)–C–C–N with tert-alkyl or cyclic N) is 2. The Morgan fingerprint density at radius 1 is 0.760 bits per heavy atom. The molecule has 134 valence electrons. The average molecular weight is 344 g/mol. The van der Waals surface area contributed by atoms with Gasteiger partial charge in [-0.3, -0.25) is 9.80 Å². The van der Waals surface area contributed by atoms with Gasteiger partial charge in [-0.25, -0.2) is 4.39 Å². The molecule has 0 aromatic heterocycles. The van der Waals surface area contributed by atoms with E-state index in [-0.39, 0.29) is 5.82 Å². The van der Waals surface area contributed by atoms with Gasteiger partial charge in [0, 0.05) is 44.8 Å². The number of hydrogen-bond donors (Lipinski definition) is 2. The molecule has 1 aliphatic rings. The van der Waals surface area contributed by atoms with E-state index in [0.717, 1.165) is 31.7 Å². The summed E-state index contributed by atoms with van der Waals surface area (Å²) in [5.41, 5.74) is 1.28. The van der Waals surface area contributed by atoms with E-state index in [1.807, 2.05) is 30.3 Å². The fraction of sp³-hybridized carbons (Fsp3) is 0.400. The van der Waals surface area contributed by atoms with Crippen LogP contribution in [-0.4, -0.2) is 59.3 Å². The maximum Gasteiger partial charge on any atom is 0.129 e. The van der Waals surface area contributed by atoms with Crippen molar-refractivity contribution in [2.75, 3.05) is 39.3 Å². The summed E-state index contributed by atoms with van der Waals surface area (Å²) in [6.45, 7) is 4.28. The molecule has 0 aliphatic carbocycles. The Balaban J connectivity index is 1.46. The first kappa shape index (κ1) is 18.0. The summed E-state index contributed by atoms with van der Waals surface area (Å²) in [5, 5.41) is 20.6. The zero-order chi connectivity index (χ0) is 17.6. The molecule has 0 radical (unpaired) electrons. The zero-order valence-electron chi connectivity index (χ0n) is 14.3. The van der Waals surface area contributed by atoms with E-state index >= 15 is 0 Å². The molecule has 1 fully saturated rings. The van der Waals surface area contributed by atoms with E-state index in [9.17, 15) is 14.6 Å². The van der Waals surface area contributed by atoms with Gasteiger partial charge in [-0.2, -0.15) is 0 Å². The van der Waals surface area contributed by atoms with Crippen molar-refractivity contribution < 1.29 is 14.6 Å². The van der Waals surface area contributed by atoms with Gasteiger partial charge in [-0.15, -0.1) is 0 Å². The van der Waals surface area contributed by atoms with Crippen LogP contribution in [0.1, 0.15) is 23.3 Å². The third-order valence-corrected chi connectivity index (χ3v) is 4.78. The minimum Gasteiger partial charge on any atom is -0.387 e. The first-order chi connectivity index (χ1) is 12.1. The molecule has 0 bridgehead atoms. The second-order valence-corrected chi connectivity index (χ2v) is 6.57. The van der Waals surface area contributed by atoms with Crippen LogP contribution in [0.5, 0.6) is 0 Å². The van der Waals surface area contributed by atoms with E-state index in [4.69, 9.17) is 0 Å². The molecule has 0 amide bonds. The van der Waals surface area contributed by atoms with Gasteiger partial charge in [0.2, 0.25) is 0 Å². The molecule has 3 rings (SSSR count). The van der Waals surface area contributed by atoms with Crippen LogP contribution in [0.2, 0.25) is 0 Å². The van der Waals surface area contributed by atoms with Crippen molar-refractivity contribution in [3.05, 3.63) is 71.5 Å². The Labute approximate surface area is 148 Å². The van der Waals surface area contributed by atoms with Crippen LogP contribution in [0, 0.1) is 5.82 Å². The van der Waals surface area contributed by atoms with E-state index in [1.54, 1.807) is 18.2 Å². The van der Waals surface area contributed by atoms with Gasteiger partial charge in [0.05, 0.1) is 12.2 Å². The third kappa shape index (κ3) is 4.86. The maximum absolute atomic E-state index is 13.7. The van der Waals surface area contributed by atoms with Gasteiger partial charge in [0.15, 0.2) is 0 Å². The summed E-state index contributed by atoms with van der Waals surface area (Å²) in [6, 6.07) is 16.1. The number of benzene rings is 2. The predicted molar refractivity (Wildman–Crippen MR) is 95.6 cm³/mol. The lowest BCUT2D eigenvalue weighted by Crippen LogP contribution is -2.48. The minimum absolute atomic E-state index is 0.351. The fourth-order valence-corrected chi connectivity index (χ4v) is 3.27. The molecule has 0 saturated carbocycles. The second kappa shape index (κ2) is 8.54. The SMILES string of the molecule is OC(CN1CCN(CC(O)c2ccccc2F)CC1)c1ccccc1. The summed E-state index contributed by atoms with van der Waals surface area (Å²) in [7, 11) is 0. The normalized spacial score (nSPS) is 18.8. The van der Waals surface area contributed by atoms with Gasteiger partial charge in [0.1, 0.15) is 5.82 Å². The summed E-state index contributed by atoms with van der Waals surface area (Å²) in [6.07, 6.45) is -1.31. The quantitative estimate of drug-likeness (QED) is 0.844. The molecule has 2 atom stereocenters. The molecular weight excluding hydrogens is 319 g/mol. The first-order valence-electron chi connectivity index (χ1n) is 8.73. The smallest absolute Gasteiger partial charge is 0.129 e. The molecule has 2 aromatic rings. The zero-order valence-corrected chi connectivity index (χ0v) is 14.3. The number of aliphatic hydroxyl groups is 2. The third-order valence-electron chi connectivity index (χ3n) is 4.78. The standard InChI is InChI=1S/C20H25FN2O2/c21-18-9-5-4-8-17(18)20(25)15-23-12-10-22(11-13-23)14-19(24)16-6-2-1-3-7-16/h1-9,19-20,24-25H,10-15H2. The number of rotatable bonds is 6. The van der Waals surface area contributed by atoms with Crippen LogP contribution in [-0.2, 0) is 0 Å². The molecule has 5 heteroatoms. The molecule has 25 heavy (non-hydrogen) atoms. The predicted octanol–water partition coefficient (Wildman–Crippen LogP) is 2.21. The lowest BCUT2D eigenvalue weighted by Gasteiger charge is -2.36. The van der Waals surface area contributed by atoms with Crippen molar-refractivity contribution in [1.29, 1.82) is 0 Å². The molecular formula is C20H25FN2O2. The monoisotopic (exact) mass is 344 g/mol. The van der Waals surface area contributed by atoms with Gasteiger partial charge in [0.25, 0.3) is 0 Å². The summed E-state index contributed by atoms with van der Waals surface area (Å²) >= 11 is 0. The average Bonchev–Trinajstić information content (AvgIpc) is 2.64. The first-order valence-corrected chi connectivity index (χ1v) is 8.73. The van der Waals surface area contributed by atoms with E-state index in [1.165, 1.54) is 6.07 Å². The minimum atomic E-state index is -0.817. The van der Waals surface area contributed by atoms with Crippen molar-refractivity contribution in [1.82, 2.24) is 9.80 Å². The van der Waals surface area contributed by atoms with Crippen LogP contribution >= 0.6 is 0 Å². The fourth-order valence-electron chi connectivity index (χ4n) is 3.27. The number of hydrogen-bond acceptors (Lipinski definition) is 4. The largest absolute Gasteiger partial charge is 0.387 e. The van der Waals surface area contributed by atoms with Crippen molar-refractivity contribution >= 4 is 0 Å². The van der Waals surface area contributed by atoms with Crippen molar-refractivity contribution in [3.8, 4) is 0 Å². The van der Waals surface area contributed by atoms with Crippen LogP contribution in [0.25, 0.3) is 0 Å². The van der Waals surface area contributed by atoms with Crippen molar-refractivity contribution in [2.24, 2.45) is 0 Å². The van der Waals surface area contributed by atoms with Crippen LogP contribution in [0.4, 0.5) is 4.39 Å². The molecule has 2 unspecified atom stereocenters. The Bertz CT molecular complexity index is 660. The van der Waals surface area contributed by atoms with E-state index < -0.39 is 12.2 Å². The van der Waals surface area contributed by atoms with Gasteiger partial charge in [-0.05, 0) is 11.6 Å². The Morgan fingerprint density at radius 3 is 1.88 bits per heavy atom. The summed E-state index contributed by atoms with van der Waals surface area (Å²) < 4.78 is 13.7. The van der Waals surface area contributed by atoms with Crippen LogP contribution in [0.15, 0.2) is 54.6 Å². The number of nitrogens with zero attached hydrogens (tertiary/aromatic N) is 2. The highest BCUT2D eigenvalue weighted by atomic mass is 19.1. The van der Waals surface area contributed by atoms with Crippen LogP contribution < -0.4 is 0 Å². The highest BCUT2D eigenvalue weighted by molar-refractivity contribution is 5.20. The summed E-state index contributed by atoms with van der Waals surface area (Å²) in [5.74, 6) is -0.361. The molecule has 2 N–H and O–H groups in total. The summed E-state index contributed by atoms with van der Waals surface area (Å²) in [4.78, 5) is 4.37. The van der Waals surface area contributed by atoms with Gasteiger partial charge < -0.3 is 10.2 Å². The topological polar surface area (TPSA) is 46.9 Å². The molecule has 2 aromatic carbocycles. The highest BCUT2D eigenvalue weighted by Crippen LogP contribution is 2.19. The Kier molecular flexibility index (Phi) is 6.15. The highest BCUT2D eigenvalue weighted by Gasteiger charge is 2.22. The second-order valence-electron chi connectivity index (χ2n) is 6.57. The number of piperazine rings is 1. The molecule has 1 saturated heterocycles. The number of aliphatic hydroxyl groups excluding tert-OH is 2. The molecule has 1 heterocycles. The van der Waals surface area contributed by atoms with Gasteiger partial charge in [-0.1, -0.05) is 48.5 Å². The van der Waals surface area contributed by atoms with E-state index in [0.29, 0.717) is 18.7 Å². The maximum atomic E-state index is 13.7. The Hall–Kier alpha value is -1.79. The number of halogens is 1. The van der Waals surface area contributed by atoms with Crippen LogP contribution in [0.3, 0.4) is 0 Å².